The Bertz CT molecular complexity index is 442. The van der Waals surface area contributed by atoms with Crippen molar-refractivity contribution in [1.29, 1.82) is 0 Å². The molecule has 0 saturated heterocycles. The molecule has 0 aliphatic heterocycles. The van der Waals surface area contributed by atoms with Crippen molar-refractivity contribution in [2.75, 3.05) is 0 Å². The van der Waals surface area contributed by atoms with Crippen LogP contribution in [0.2, 0.25) is 0 Å². The molecule has 126 valence electrons. The molecule has 22 heavy (non-hydrogen) atoms. The molecule has 0 aromatic carbocycles. The Morgan fingerprint density at radius 1 is 0.773 bits per heavy atom. The van der Waals surface area contributed by atoms with E-state index in [0.717, 1.165) is 43.9 Å². The molecule has 4 aliphatic rings. The second-order valence-corrected chi connectivity index (χ2v) is 9.13. The van der Waals surface area contributed by atoms with Crippen molar-refractivity contribution in [3.63, 3.8) is 0 Å². The summed E-state index contributed by atoms with van der Waals surface area (Å²) in [6.45, 7) is 2.53. The highest BCUT2D eigenvalue weighted by Crippen LogP contribution is 2.67. The van der Waals surface area contributed by atoms with E-state index in [0.29, 0.717) is 17.3 Å². The first-order valence-electron chi connectivity index (χ1n) is 9.56. The van der Waals surface area contributed by atoms with Crippen LogP contribution >= 0.6 is 0 Å². The topological polar surface area (TPSA) is 60.7 Å². The van der Waals surface area contributed by atoms with Gasteiger partial charge in [-0.15, -0.1) is 0 Å². The third-order valence-corrected chi connectivity index (χ3v) is 8.60. The maximum Gasteiger partial charge on any atom is 0.281 e. The Balaban J connectivity index is 1.67. The van der Waals surface area contributed by atoms with E-state index in [1.807, 2.05) is 0 Å². The molecule has 0 aromatic heterocycles. The molecule has 0 heterocycles. The SMILES string of the molecule is C[C@]12CCCC[C@@H]1CC[C@@H]1[C@@H]2CC[C@]2(C(O)(O)O)CCC[C@@H]12. The minimum atomic E-state index is -2.48. The molecule has 4 rings (SSSR count). The molecule has 3 N–H and O–H groups in total. The smallest absolute Gasteiger partial charge is 0.281 e. The largest absolute Gasteiger partial charge is 0.343 e. The Morgan fingerprint density at radius 3 is 2.36 bits per heavy atom. The first-order chi connectivity index (χ1) is 10.4. The van der Waals surface area contributed by atoms with E-state index in [2.05, 4.69) is 6.92 Å². The van der Waals surface area contributed by atoms with Gasteiger partial charge in [0.05, 0.1) is 5.41 Å². The predicted molar refractivity (Wildman–Crippen MR) is 84.7 cm³/mol. The first kappa shape index (κ1) is 15.4. The van der Waals surface area contributed by atoms with E-state index in [1.165, 1.54) is 38.5 Å². The minimum Gasteiger partial charge on any atom is -0.343 e. The van der Waals surface area contributed by atoms with Crippen molar-refractivity contribution in [3.05, 3.63) is 0 Å². The summed E-state index contributed by atoms with van der Waals surface area (Å²) in [6, 6.07) is 0. The van der Waals surface area contributed by atoms with Crippen molar-refractivity contribution in [3.8, 4) is 0 Å². The van der Waals surface area contributed by atoms with Gasteiger partial charge in [-0.25, -0.2) is 0 Å². The van der Waals surface area contributed by atoms with Crippen molar-refractivity contribution in [2.45, 2.75) is 83.5 Å². The van der Waals surface area contributed by atoms with Gasteiger partial charge in [-0.2, -0.15) is 0 Å². The molecule has 4 saturated carbocycles. The number of rotatable bonds is 1. The summed E-state index contributed by atoms with van der Waals surface area (Å²) in [4.78, 5) is 0. The van der Waals surface area contributed by atoms with Crippen molar-refractivity contribution >= 4 is 0 Å². The van der Waals surface area contributed by atoms with Gasteiger partial charge in [-0.1, -0.05) is 26.2 Å². The Hall–Kier alpha value is -0.120. The lowest BCUT2D eigenvalue weighted by atomic mass is 9.45. The lowest BCUT2D eigenvalue weighted by Gasteiger charge is -2.61. The number of fused-ring (bicyclic) bond motifs is 5. The number of hydrogen-bond acceptors (Lipinski definition) is 3. The van der Waals surface area contributed by atoms with Crippen LogP contribution in [0.5, 0.6) is 0 Å². The Morgan fingerprint density at radius 2 is 1.59 bits per heavy atom. The molecule has 0 bridgehead atoms. The molecule has 4 aliphatic carbocycles. The second kappa shape index (κ2) is 4.94. The Kier molecular flexibility index (Phi) is 3.46. The fourth-order valence-electron chi connectivity index (χ4n) is 7.53. The molecule has 0 radical (unpaired) electrons. The summed E-state index contributed by atoms with van der Waals surface area (Å²) in [6.07, 6.45) is 12.9. The van der Waals surface area contributed by atoms with Crippen LogP contribution < -0.4 is 0 Å². The summed E-state index contributed by atoms with van der Waals surface area (Å²) in [5.74, 6) is 0.0553. The summed E-state index contributed by atoms with van der Waals surface area (Å²) in [5, 5.41) is 30.3. The van der Waals surface area contributed by atoms with E-state index in [4.69, 9.17) is 0 Å². The maximum absolute atomic E-state index is 10.1. The number of hydrogen-bond donors (Lipinski definition) is 3. The molecule has 3 heteroatoms. The van der Waals surface area contributed by atoms with Gasteiger partial charge < -0.3 is 15.3 Å². The summed E-state index contributed by atoms with van der Waals surface area (Å²) < 4.78 is 0. The van der Waals surface area contributed by atoms with Gasteiger partial charge in [0.2, 0.25) is 0 Å². The zero-order valence-electron chi connectivity index (χ0n) is 13.9. The molecule has 0 unspecified atom stereocenters. The molecule has 3 nitrogen and oxygen atoms in total. The van der Waals surface area contributed by atoms with Gasteiger partial charge in [0.15, 0.2) is 0 Å². The highest BCUT2D eigenvalue weighted by molar-refractivity contribution is 5.09. The lowest BCUT2D eigenvalue weighted by molar-refractivity contribution is -0.393. The van der Waals surface area contributed by atoms with Gasteiger partial charge in [0.1, 0.15) is 0 Å². The van der Waals surface area contributed by atoms with Crippen LogP contribution in [0.25, 0.3) is 0 Å². The lowest BCUT2D eigenvalue weighted by Crippen LogP contribution is -2.59. The zero-order chi connectivity index (χ0) is 15.6. The van der Waals surface area contributed by atoms with Crippen LogP contribution in [0.1, 0.15) is 77.6 Å². The van der Waals surface area contributed by atoms with E-state index in [1.54, 1.807) is 0 Å². The van der Waals surface area contributed by atoms with Gasteiger partial charge >= 0.3 is 0 Å². The predicted octanol–water partition coefficient (Wildman–Crippen LogP) is 3.42. The van der Waals surface area contributed by atoms with E-state index >= 15 is 0 Å². The van der Waals surface area contributed by atoms with Crippen LogP contribution in [0.4, 0.5) is 0 Å². The van der Waals surface area contributed by atoms with E-state index in [-0.39, 0.29) is 0 Å². The van der Waals surface area contributed by atoms with Gasteiger partial charge in [0.25, 0.3) is 5.97 Å². The summed E-state index contributed by atoms with van der Waals surface area (Å²) in [7, 11) is 0. The van der Waals surface area contributed by atoms with Gasteiger partial charge in [-0.05, 0) is 80.5 Å². The average molecular weight is 308 g/mol. The van der Waals surface area contributed by atoms with Gasteiger partial charge in [-0.3, -0.25) is 0 Å². The van der Waals surface area contributed by atoms with Crippen LogP contribution in [-0.4, -0.2) is 21.3 Å². The Labute approximate surface area is 134 Å². The molecule has 0 aromatic rings. The summed E-state index contributed by atoms with van der Waals surface area (Å²) >= 11 is 0. The van der Waals surface area contributed by atoms with E-state index in [9.17, 15) is 15.3 Å². The van der Waals surface area contributed by atoms with Crippen LogP contribution in [-0.2, 0) is 0 Å². The average Bonchev–Trinajstić information content (AvgIpc) is 2.91. The van der Waals surface area contributed by atoms with Crippen LogP contribution in [0.3, 0.4) is 0 Å². The molecule has 6 atom stereocenters. The molecular weight excluding hydrogens is 276 g/mol. The van der Waals surface area contributed by atoms with Crippen molar-refractivity contribution < 1.29 is 15.3 Å². The first-order valence-corrected chi connectivity index (χ1v) is 9.56. The standard InChI is InChI=1S/C19H32O3/c1-17-10-3-2-5-13(17)7-8-14-15(17)9-12-18(19(20,21)22)11-4-6-16(14)18/h13-16,20-22H,2-12H2,1H3/t13-,14-,15+,16+,17+,18-/m1/s1. The van der Waals surface area contributed by atoms with Gasteiger partial charge in [0, 0.05) is 0 Å². The molecular formula is C19H32O3. The van der Waals surface area contributed by atoms with Crippen LogP contribution in [0.15, 0.2) is 0 Å². The monoisotopic (exact) mass is 308 g/mol. The third-order valence-electron chi connectivity index (χ3n) is 8.60. The molecule has 0 amide bonds. The molecule has 0 spiro atoms. The fourth-order valence-corrected chi connectivity index (χ4v) is 7.53. The van der Waals surface area contributed by atoms with E-state index < -0.39 is 11.4 Å². The third kappa shape index (κ3) is 1.91. The number of aliphatic hydroxyl groups is 3. The molecule has 4 fully saturated rings. The summed E-state index contributed by atoms with van der Waals surface area (Å²) in [5.41, 5.74) is -0.176. The van der Waals surface area contributed by atoms with Crippen molar-refractivity contribution in [2.24, 2.45) is 34.5 Å². The quantitative estimate of drug-likeness (QED) is 0.651. The highest BCUT2D eigenvalue weighted by atomic mass is 16.7. The van der Waals surface area contributed by atoms with Crippen LogP contribution in [0, 0.1) is 34.5 Å². The van der Waals surface area contributed by atoms with Crippen molar-refractivity contribution in [1.82, 2.24) is 0 Å². The highest BCUT2D eigenvalue weighted by Gasteiger charge is 2.64. The normalized spacial score (nSPS) is 51.8. The zero-order valence-corrected chi connectivity index (χ0v) is 13.9. The minimum absolute atomic E-state index is 0.311. The maximum atomic E-state index is 10.1. The fraction of sp³-hybridized carbons (Fsp3) is 1.00. The second-order valence-electron chi connectivity index (χ2n) is 9.13.